The van der Waals surface area contributed by atoms with Crippen LogP contribution in [0.5, 0.6) is 0 Å². The molecule has 0 aliphatic carbocycles. The molecule has 16 heavy (non-hydrogen) atoms. The Morgan fingerprint density at radius 2 is 2.25 bits per heavy atom. The molecule has 0 spiro atoms. The molecular weight excluding hydrogens is 223 g/mol. The molecular formula is C9H14F3N3O. The Bertz CT molecular complexity index is 320. The number of aliphatic hydroxyl groups excluding tert-OH is 1. The molecule has 2 N–H and O–H groups in total. The van der Waals surface area contributed by atoms with Crippen molar-refractivity contribution in [1.82, 2.24) is 15.1 Å². The first kappa shape index (κ1) is 13.0. The van der Waals surface area contributed by atoms with E-state index in [9.17, 15) is 13.2 Å². The average Bonchev–Trinajstić information content (AvgIpc) is 2.67. The van der Waals surface area contributed by atoms with Crippen molar-refractivity contribution in [3.05, 3.63) is 18.0 Å². The number of nitrogens with zero attached hydrogens (tertiary/aromatic N) is 2. The fraction of sp³-hybridized carbons (Fsp3) is 0.667. The lowest BCUT2D eigenvalue weighted by molar-refractivity contribution is -0.137. The molecule has 1 rings (SSSR count). The summed E-state index contributed by atoms with van der Waals surface area (Å²) in [7, 11) is 1.69. The maximum atomic E-state index is 12.2. The van der Waals surface area contributed by atoms with E-state index in [1.54, 1.807) is 7.05 Å². The minimum atomic E-state index is -4.35. The highest BCUT2D eigenvalue weighted by Crippen LogP contribution is 2.28. The van der Waals surface area contributed by atoms with Crippen LogP contribution < -0.4 is 5.32 Å². The molecule has 4 nitrogen and oxygen atoms in total. The van der Waals surface area contributed by atoms with Crippen molar-refractivity contribution in [2.75, 3.05) is 13.7 Å². The number of halogens is 3. The van der Waals surface area contributed by atoms with Crippen LogP contribution in [0.25, 0.3) is 0 Å². The Balaban J connectivity index is 2.53. The summed E-state index contributed by atoms with van der Waals surface area (Å²) < 4.78 is 37.9. The predicted molar refractivity (Wildman–Crippen MR) is 51.8 cm³/mol. The van der Waals surface area contributed by atoms with E-state index in [0.29, 0.717) is 13.0 Å². The second-order valence-corrected chi connectivity index (χ2v) is 3.45. The number of nitrogens with one attached hydrogen (secondary N) is 1. The molecule has 0 saturated carbocycles. The van der Waals surface area contributed by atoms with Crippen LogP contribution in [0.2, 0.25) is 0 Å². The van der Waals surface area contributed by atoms with E-state index in [-0.39, 0.29) is 12.6 Å². The molecule has 1 atom stereocenters. The van der Waals surface area contributed by atoms with Gasteiger partial charge in [0.25, 0.3) is 0 Å². The number of aliphatic hydroxyl groups is 1. The molecule has 0 aliphatic rings. The number of likely N-dealkylation sites (N-methyl/N-ethyl adjacent to an activating group) is 1. The highest BCUT2D eigenvalue weighted by molar-refractivity contribution is 5.08. The first-order valence-electron chi connectivity index (χ1n) is 4.85. The van der Waals surface area contributed by atoms with Gasteiger partial charge in [0, 0.05) is 18.8 Å². The number of rotatable bonds is 5. The largest absolute Gasteiger partial charge is 0.419 e. The third-order valence-electron chi connectivity index (χ3n) is 2.30. The summed E-state index contributed by atoms with van der Waals surface area (Å²) in [5, 5.41) is 15.3. The van der Waals surface area contributed by atoms with Crippen molar-refractivity contribution in [2.45, 2.75) is 25.2 Å². The quantitative estimate of drug-likeness (QED) is 0.799. The number of hydrogen-bond donors (Lipinski definition) is 2. The van der Waals surface area contributed by atoms with Gasteiger partial charge in [-0.25, -0.2) is 0 Å². The molecule has 0 radical (unpaired) electrons. The van der Waals surface area contributed by atoms with Crippen LogP contribution in [-0.2, 0) is 12.7 Å². The maximum absolute atomic E-state index is 12.2. The van der Waals surface area contributed by atoms with Crippen LogP contribution in [0.4, 0.5) is 13.2 Å². The Labute approximate surface area is 91.1 Å². The van der Waals surface area contributed by atoms with E-state index < -0.39 is 11.7 Å². The van der Waals surface area contributed by atoms with Gasteiger partial charge >= 0.3 is 6.18 Å². The van der Waals surface area contributed by atoms with Crippen LogP contribution in [0.1, 0.15) is 12.0 Å². The van der Waals surface area contributed by atoms with Crippen LogP contribution in [0, 0.1) is 0 Å². The van der Waals surface area contributed by atoms with Gasteiger partial charge in [-0.15, -0.1) is 0 Å². The zero-order chi connectivity index (χ0) is 12.2. The van der Waals surface area contributed by atoms with Crippen molar-refractivity contribution in [1.29, 1.82) is 0 Å². The SMILES string of the molecule is CNC(CO)CCn1cc(C(F)(F)F)cn1. The normalized spacial score (nSPS) is 14.1. The first-order chi connectivity index (χ1) is 7.47. The van der Waals surface area contributed by atoms with Crippen LogP contribution in [0.3, 0.4) is 0 Å². The van der Waals surface area contributed by atoms with Crippen LogP contribution in [-0.4, -0.2) is 34.6 Å². The van der Waals surface area contributed by atoms with Crippen LogP contribution >= 0.6 is 0 Å². The highest BCUT2D eigenvalue weighted by Gasteiger charge is 2.32. The Kier molecular flexibility index (Phi) is 4.31. The third-order valence-corrected chi connectivity index (χ3v) is 2.30. The molecule has 0 bridgehead atoms. The highest BCUT2D eigenvalue weighted by atomic mass is 19.4. The number of hydrogen-bond acceptors (Lipinski definition) is 3. The Morgan fingerprint density at radius 1 is 1.56 bits per heavy atom. The summed E-state index contributed by atoms with van der Waals surface area (Å²) in [6.07, 6.45) is -2.07. The summed E-state index contributed by atoms with van der Waals surface area (Å²) in [4.78, 5) is 0. The van der Waals surface area contributed by atoms with Gasteiger partial charge in [0.2, 0.25) is 0 Å². The molecule has 1 unspecified atom stereocenters. The minimum absolute atomic E-state index is 0.0517. The number of aryl methyl sites for hydroxylation is 1. The number of aromatic nitrogens is 2. The van der Waals surface area contributed by atoms with Crippen molar-refractivity contribution in [2.24, 2.45) is 0 Å². The van der Waals surface area contributed by atoms with Gasteiger partial charge in [0.05, 0.1) is 18.4 Å². The summed E-state index contributed by atoms with van der Waals surface area (Å²) in [5.41, 5.74) is -0.752. The van der Waals surface area contributed by atoms with E-state index in [0.717, 1.165) is 12.4 Å². The molecule has 0 aromatic carbocycles. The van der Waals surface area contributed by atoms with Crippen molar-refractivity contribution in [3.8, 4) is 0 Å². The topological polar surface area (TPSA) is 50.1 Å². The summed E-state index contributed by atoms with van der Waals surface area (Å²) in [6.45, 7) is 0.284. The molecule has 0 fully saturated rings. The van der Waals surface area contributed by atoms with Gasteiger partial charge in [-0.2, -0.15) is 18.3 Å². The summed E-state index contributed by atoms with van der Waals surface area (Å²) in [6, 6.07) is -0.126. The van der Waals surface area contributed by atoms with E-state index in [1.807, 2.05) is 0 Å². The zero-order valence-electron chi connectivity index (χ0n) is 8.83. The molecule has 0 saturated heterocycles. The molecule has 1 heterocycles. The van der Waals surface area contributed by atoms with Gasteiger partial charge in [0.1, 0.15) is 0 Å². The van der Waals surface area contributed by atoms with E-state index >= 15 is 0 Å². The Hall–Kier alpha value is -1.08. The third kappa shape index (κ3) is 3.49. The molecule has 1 aromatic rings. The van der Waals surface area contributed by atoms with E-state index in [2.05, 4.69) is 10.4 Å². The smallest absolute Gasteiger partial charge is 0.395 e. The first-order valence-corrected chi connectivity index (χ1v) is 4.85. The van der Waals surface area contributed by atoms with Gasteiger partial charge in [-0.1, -0.05) is 0 Å². The second-order valence-electron chi connectivity index (χ2n) is 3.45. The summed E-state index contributed by atoms with van der Waals surface area (Å²) in [5.74, 6) is 0. The molecule has 92 valence electrons. The minimum Gasteiger partial charge on any atom is -0.395 e. The average molecular weight is 237 g/mol. The monoisotopic (exact) mass is 237 g/mol. The van der Waals surface area contributed by atoms with Gasteiger partial charge in [-0.3, -0.25) is 4.68 Å². The molecule has 7 heteroatoms. The van der Waals surface area contributed by atoms with Crippen molar-refractivity contribution >= 4 is 0 Å². The maximum Gasteiger partial charge on any atom is 0.419 e. The predicted octanol–water partition coefficient (Wildman–Crippen LogP) is 0.872. The lowest BCUT2D eigenvalue weighted by Crippen LogP contribution is -2.30. The van der Waals surface area contributed by atoms with E-state index in [4.69, 9.17) is 5.11 Å². The number of alkyl halides is 3. The molecule has 1 aromatic heterocycles. The van der Waals surface area contributed by atoms with Gasteiger partial charge in [-0.05, 0) is 13.5 Å². The van der Waals surface area contributed by atoms with Gasteiger partial charge < -0.3 is 10.4 Å². The lowest BCUT2D eigenvalue weighted by atomic mass is 10.2. The fourth-order valence-corrected chi connectivity index (χ4v) is 1.25. The molecule has 0 aliphatic heterocycles. The lowest BCUT2D eigenvalue weighted by Gasteiger charge is -2.12. The van der Waals surface area contributed by atoms with E-state index in [1.165, 1.54) is 4.68 Å². The molecule has 0 amide bonds. The summed E-state index contributed by atoms with van der Waals surface area (Å²) >= 11 is 0. The van der Waals surface area contributed by atoms with Crippen LogP contribution in [0.15, 0.2) is 12.4 Å². The van der Waals surface area contributed by atoms with Gasteiger partial charge in [0.15, 0.2) is 0 Å². The zero-order valence-corrected chi connectivity index (χ0v) is 8.83. The fourth-order valence-electron chi connectivity index (χ4n) is 1.25. The van der Waals surface area contributed by atoms with Crippen molar-refractivity contribution in [3.63, 3.8) is 0 Å². The van der Waals surface area contributed by atoms with Crippen molar-refractivity contribution < 1.29 is 18.3 Å². The Morgan fingerprint density at radius 3 is 2.69 bits per heavy atom. The standard InChI is InChI=1S/C9H14F3N3O/c1-13-8(6-16)2-3-15-5-7(4-14-15)9(10,11)12/h4-5,8,13,16H,2-3,6H2,1H3. The second kappa shape index (κ2) is 5.31.